The van der Waals surface area contributed by atoms with Gasteiger partial charge in [0.25, 0.3) is 5.91 Å². The number of aromatic hydroxyl groups is 1. The third-order valence-corrected chi connectivity index (χ3v) is 7.00. The Labute approximate surface area is 182 Å². The maximum Gasteiger partial charge on any atom is 0.255 e. The van der Waals surface area contributed by atoms with E-state index in [1.807, 2.05) is 0 Å². The first-order valence-corrected chi connectivity index (χ1v) is 10.0. The number of nitrogens with zero attached hydrogens (tertiary/aromatic N) is 1. The van der Waals surface area contributed by atoms with Gasteiger partial charge in [-0.2, -0.15) is 0 Å². The number of amides is 1. The zero-order chi connectivity index (χ0) is 23.9. The van der Waals surface area contributed by atoms with E-state index < -0.39 is 75.6 Å². The van der Waals surface area contributed by atoms with Gasteiger partial charge in [0.1, 0.15) is 22.8 Å². The molecule has 10 heteroatoms. The Morgan fingerprint density at radius 3 is 2.34 bits per heavy atom. The fourth-order valence-electron chi connectivity index (χ4n) is 5.58. The molecule has 6 atom stereocenters. The highest BCUT2D eigenvalue weighted by atomic mass is 16.4. The number of carbonyl (C=O) groups is 3. The van der Waals surface area contributed by atoms with Crippen molar-refractivity contribution in [3.63, 3.8) is 0 Å². The first kappa shape index (κ1) is 22.0. The lowest BCUT2D eigenvalue weighted by molar-refractivity contribution is -0.162. The van der Waals surface area contributed by atoms with E-state index in [9.17, 15) is 39.9 Å². The second-order valence-corrected chi connectivity index (χ2v) is 8.79. The van der Waals surface area contributed by atoms with Crippen molar-refractivity contribution in [3.05, 3.63) is 52.0 Å². The Morgan fingerprint density at radius 1 is 1.16 bits per heavy atom. The van der Waals surface area contributed by atoms with Crippen LogP contribution in [-0.2, 0) is 9.59 Å². The number of carbonyl (C=O) groups excluding carboxylic acids is 3. The van der Waals surface area contributed by atoms with Gasteiger partial charge >= 0.3 is 0 Å². The van der Waals surface area contributed by atoms with Gasteiger partial charge in [0.15, 0.2) is 11.4 Å². The largest absolute Gasteiger partial charge is 0.510 e. The minimum absolute atomic E-state index is 0.104. The average molecular weight is 444 g/mol. The molecule has 0 heterocycles. The van der Waals surface area contributed by atoms with E-state index in [4.69, 9.17) is 5.73 Å². The second-order valence-electron chi connectivity index (χ2n) is 8.79. The van der Waals surface area contributed by atoms with E-state index in [1.54, 1.807) is 19.1 Å². The number of primary amides is 1. The number of hydrogen-bond donors (Lipinski definition) is 6. The molecule has 0 aromatic heterocycles. The predicted molar refractivity (Wildman–Crippen MR) is 110 cm³/mol. The van der Waals surface area contributed by atoms with Gasteiger partial charge in [-0.1, -0.05) is 19.1 Å². The summed E-state index contributed by atoms with van der Waals surface area (Å²) in [6, 6.07) is 3.17. The molecule has 32 heavy (non-hydrogen) atoms. The van der Waals surface area contributed by atoms with Gasteiger partial charge in [-0.05, 0) is 31.6 Å². The summed E-state index contributed by atoms with van der Waals surface area (Å²) < 4.78 is 0. The molecule has 1 amide bonds. The number of aliphatic hydroxyl groups is 4. The van der Waals surface area contributed by atoms with E-state index in [1.165, 1.54) is 25.1 Å². The van der Waals surface area contributed by atoms with Gasteiger partial charge in [-0.3, -0.25) is 19.3 Å². The van der Waals surface area contributed by atoms with Crippen molar-refractivity contribution >= 4 is 17.5 Å². The molecule has 3 aliphatic rings. The van der Waals surface area contributed by atoms with Gasteiger partial charge in [0.2, 0.25) is 5.78 Å². The molecular formula is C22H24N2O8. The zero-order valence-electron chi connectivity index (χ0n) is 17.6. The summed E-state index contributed by atoms with van der Waals surface area (Å²) in [5.41, 5.74) is 1.36. The van der Waals surface area contributed by atoms with Crippen LogP contribution in [0.5, 0.6) is 5.75 Å². The summed E-state index contributed by atoms with van der Waals surface area (Å²) in [6.07, 6.45) is -1.59. The molecule has 7 N–H and O–H groups in total. The lowest BCUT2D eigenvalue weighted by atomic mass is 9.55. The molecule has 4 rings (SSSR count). The third-order valence-electron chi connectivity index (χ3n) is 7.00. The van der Waals surface area contributed by atoms with E-state index >= 15 is 0 Å². The van der Waals surface area contributed by atoms with Crippen LogP contribution >= 0.6 is 0 Å². The molecule has 0 saturated heterocycles. The molecule has 0 radical (unpaired) electrons. The second kappa shape index (κ2) is 6.89. The van der Waals surface area contributed by atoms with Gasteiger partial charge in [-0.25, -0.2) is 0 Å². The maximum atomic E-state index is 13.3. The molecule has 0 bridgehead atoms. The summed E-state index contributed by atoms with van der Waals surface area (Å²) in [7, 11) is 2.98. The van der Waals surface area contributed by atoms with Crippen molar-refractivity contribution in [1.82, 2.24) is 4.90 Å². The Balaban J connectivity index is 2.06. The van der Waals surface area contributed by atoms with Gasteiger partial charge in [-0.15, -0.1) is 0 Å². The Morgan fingerprint density at radius 2 is 1.78 bits per heavy atom. The first-order valence-electron chi connectivity index (χ1n) is 10.0. The molecule has 1 aromatic rings. The number of rotatable bonds is 2. The third kappa shape index (κ3) is 2.48. The molecule has 0 aliphatic heterocycles. The number of hydrogen-bond acceptors (Lipinski definition) is 9. The standard InChI is InChI=1S/C22H24N2O8/c1-7-8-5-4-6-9(25)11(8)16(26)12-10(7)17(27)14-15(24(2)3)18(28)13(21(23)31)20(30)22(14,32)19(12)29/h4-7,10,14-15,17,25,27-29,32H,1-3H3,(H2,23,31)/t7?,10?,14?,15?,17?,22-/m0/s1. The average Bonchev–Trinajstić information content (AvgIpc) is 2.70. The minimum atomic E-state index is -2.89. The quantitative estimate of drug-likeness (QED) is 0.332. The van der Waals surface area contributed by atoms with Crippen molar-refractivity contribution < 1.29 is 39.9 Å². The molecule has 170 valence electrons. The number of aliphatic hydroxyl groups excluding tert-OH is 3. The summed E-state index contributed by atoms with van der Waals surface area (Å²) >= 11 is 0. The van der Waals surface area contributed by atoms with Crippen LogP contribution in [0.15, 0.2) is 40.9 Å². The first-order chi connectivity index (χ1) is 14.9. The normalized spacial score (nSPS) is 34.4. The molecule has 0 saturated carbocycles. The van der Waals surface area contributed by atoms with Crippen molar-refractivity contribution in [2.24, 2.45) is 17.6 Å². The Bertz CT molecular complexity index is 1140. The van der Waals surface area contributed by atoms with E-state index in [0.29, 0.717) is 5.56 Å². The molecule has 0 spiro atoms. The number of phenolic OH excluding ortho intramolecular Hbond substituents is 1. The molecule has 10 nitrogen and oxygen atoms in total. The van der Waals surface area contributed by atoms with Crippen LogP contribution in [0.25, 0.3) is 0 Å². The highest BCUT2D eigenvalue weighted by Crippen LogP contribution is 2.55. The van der Waals surface area contributed by atoms with Crippen molar-refractivity contribution in [2.45, 2.75) is 30.6 Å². The van der Waals surface area contributed by atoms with Crippen LogP contribution in [-0.4, -0.2) is 79.7 Å². The smallest absolute Gasteiger partial charge is 0.255 e. The molecular weight excluding hydrogens is 420 g/mol. The number of phenols is 1. The lowest BCUT2D eigenvalue weighted by Crippen LogP contribution is -2.68. The number of benzene rings is 1. The van der Waals surface area contributed by atoms with Crippen molar-refractivity contribution in [1.29, 1.82) is 0 Å². The SMILES string of the molecule is CC1c2cccc(O)c2C(=O)C2=C(O)[C@]3(O)C(=O)C(C(N)=O)=C(O)C(N(C)C)C3C(O)C21. The number of ketones is 2. The molecule has 3 aliphatic carbocycles. The van der Waals surface area contributed by atoms with Crippen LogP contribution in [0.2, 0.25) is 0 Å². The predicted octanol–water partition coefficient (Wildman–Crippen LogP) is -0.348. The summed E-state index contributed by atoms with van der Waals surface area (Å²) in [5, 5.41) is 55.0. The van der Waals surface area contributed by atoms with E-state index in [2.05, 4.69) is 0 Å². The fourth-order valence-corrected chi connectivity index (χ4v) is 5.58. The van der Waals surface area contributed by atoms with E-state index in [-0.39, 0.29) is 11.3 Å². The van der Waals surface area contributed by atoms with Gasteiger partial charge in [0, 0.05) is 11.5 Å². The van der Waals surface area contributed by atoms with Crippen LogP contribution in [0.3, 0.4) is 0 Å². The monoisotopic (exact) mass is 444 g/mol. The number of nitrogens with two attached hydrogens (primary N) is 1. The maximum absolute atomic E-state index is 13.3. The molecule has 0 fully saturated rings. The Kier molecular flexibility index (Phi) is 4.74. The highest BCUT2D eigenvalue weighted by molar-refractivity contribution is 6.25. The van der Waals surface area contributed by atoms with Crippen LogP contribution in [0, 0.1) is 11.8 Å². The summed E-state index contributed by atoms with van der Waals surface area (Å²) in [5.74, 6) is -8.86. The van der Waals surface area contributed by atoms with E-state index in [0.717, 1.165) is 0 Å². The fraction of sp³-hybridized carbons (Fsp3) is 0.409. The Hall–Kier alpha value is -3.21. The van der Waals surface area contributed by atoms with Crippen molar-refractivity contribution in [3.8, 4) is 5.75 Å². The number of Topliss-reactive ketones (excluding diaryl/α,β-unsaturated/α-hetero) is 2. The van der Waals surface area contributed by atoms with Gasteiger partial charge < -0.3 is 31.3 Å². The minimum Gasteiger partial charge on any atom is -0.510 e. The number of fused-ring (bicyclic) bond motifs is 3. The topological polar surface area (TPSA) is 182 Å². The number of likely N-dealkylation sites (N-methyl/N-ethyl adjacent to an activating group) is 1. The van der Waals surface area contributed by atoms with Crippen LogP contribution in [0.4, 0.5) is 0 Å². The van der Waals surface area contributed by atoms with Crippen LogP contribution in [0.1, 0.15) is 28.8 Å². The molecule has 1 aromatic carbocycles. The summed E-state index contributed by atoms with van der Waals surface area (Å²) in [4.78, 5) is 39.8. The highest BCUT2D eigenvalue weighted by Gasteiger charge is 2.67. The van der Waals surface area contributed by atoms with Gasteiger partial charge in [0.05, 0.1) is 23.6 Å². The molecule has 5 unspecified atom stereocenters. The zero-order valence-corrected chi connectivity index (χ0v) is 17.6. The van der Waals surface area contributed by atoms with Crippen LogP contribution < -0.4 is 5.73 Å². The van der Waals surface area contributed by atoms with Crippen molar-refractivity contribution in [2.75, 3.05) is 14.1 Å². The summed E-state index contributed by atoms with van der Waals surface area (Å²) in [6.45, 7) is 1.68. The lowest BCUT2D eigenvalue weighted by Gasteiger charge is -2.53.